The molecule has 3 rings (SSSR count). The summed E-state index contributed by atoms with van der Waals surface area (Å²) in [5.74, 6) is -1.19. The van der Waals surface area contributed by atoms with Gasteiger partial charge >= 0.3 is 0 Å². The van der Waals surface area contributed by atoms with Gasteiger partial charge in [-0.05, 0) is 30.8 Å². The number of aryl methyl sites for hydroxylation is 1. The van der Waals surface area contributed by atoms with Crippen LogP contribution in [0.3, 0.4) is 0 Å². The van der Waals surface area contributed by atoms with E-state index in [9.17, 15) is 14.4 Å². The van der Waals surface area contributed by atoms with Gasteiger partial charge < -0.3 is 10.3 Å². The number of para-hydroxylation sites is 1. The lowest BCUT2D eigenvalue weighted by molar-refractivity contribution is -0.127. The van der Waals surface area contributed by atoms with E-state index in [4.69, 9.17) is 5.73 Å². The van der Waals surface area contributed by atoms with E-state index in [1.165, 1.54) is 0 Å². The highest BCUT2D eigenvalue weighted by molar-refractivity contribution is 8.18. The van der Waals surface area contributed by atoms with Gasteiger partial charge in [-0.1, -0.05) is 18.2 Å². The number of primary amides is 1. The molecule has 1 saturated heterocycles. The molecule has 2 heterocycles. The Morgan fingerprint density at radius 1 is 1.30 bits per heavy atom. The molecule has 0 spiro atoms. The van der Waals surface area contributed by atoms with Crippen LogP contribution in [0.4, 0.5) is 4.79 Å². The lowest BCUT2D eigenvalue weighted by Crippen LogP contribution is -2.36. The summed E-state index contributed by atoms with van der Waals surface area (Å²) in [5, 5.41) is 0.537. The molecule has 1 aromatic heterocycles. The number of carbonyl (C=O) groups excluding carboxylic acids is 3. The minimum atomic E-state index is -0.712. The van der Waals surface area contributed by atoms with Crippen LogP contribution >= 0.6 is 11.8 Å². The van der Waals surface area contributed by atoms with Crippen molar-refractivity contribution in [3.63, 3.8) is 0 Å². The molecule has 118 valence electrons. The summed E-state index contributed by atoms with van der Waals surface area (Å²) in [6.07, 6.45) is 3.65. The number of nitrogens with two attached hydrogens (primary N) is 1. The molecule has 0 saturated carbocycles. The summed E-state index contributed by atoms with van der Waals surface area (Å²) in [7, 11) is 0. The van der Waals surface area contributed by atoms with E-state index in [-0.39, 0.29) is 0 Å². The fourth-order valence-electron chi connectivity index (χ4n) is 2.59. The molecule has 1 fully saturated rings. The van der Waals surface area contributed by atoms with Crippen molar-refractivity contribution in [2.75, 3.05) is 6.54 Å². The molecule has 0 atom stereocenters. The first-order chi connectivity index (χ1) is 11.0. The number of nitrogens with zero attached hydrogens (tertiary/aromatic N) is 2. The number of fused-ring (bicyclic) bond motifs is 1. The number of carbonyl (C=O) groups is 3. The first-order valence-electron chi connectivity index (χ1n) is 7.12. The molecule has 2 aromatic rings. The quantitative estimate of drug-likeness (QED) is 0.871. The topological polar surface area (TPSA) is 85.4 Å². The molecule has 0 radical (unpaired) electrons. The lowest BCUT2D eigenvalue weighted by atomic mass is 10.1. The third-order valence-electron chi connectivity index (χ3n) is 3.63. The fourth-order valence-corrected chi connectivity index (χ4v) is 3.41. The number of hydrogen-bond donors (Lipinski definition) is 1. The Morgan fingerprint density at radius 2 is 2.04 bits per heavy atom. The zero-order valence-corrected chi connectivity index (χ0v) is 13.3. The van der Waals surface area contributed by atoms with Crippen LogP contribution in [0.15, 0.2) is 35.4 Å². The van der Waals surface area contributed by atoms with Crippen molar-refractivity contribution in [3.05, 3.63) is 40.9 Å². The molecule has 3 amide bonds. The highest BCUT2D eigenvalue weighted by Gasteiger charge is 2.35. The Bertz CT molecular complexity index is 853. The van der Waals surface area contributed by atoms with Crippen LogP contribution in [0.1, 0.15) is 12.5 Å². The third kappa shape index (κ3) is 2.75. The average molecular weight is 329 g/mol. The van der Waals surface area contributed by atoms with Crippen molar-refractivity contribution >= 4 is 45.8 Å². The first-order valence-corrected chi connectivity index (χ1v) is 7.94. The lowest BCUT2D eigenvalue weighted by Gasteiger charge is -2.08. The summed E-state index contributed by atoms with van der Waals surface area (Å²) >= 11 is 0.826. The van der Waals surface area contributed by atoms with Gasteiger partial charge in [0, 0.05) is 29.2 Å². The van der Waals surface area contributed by atoms with Gasteiger partial charge in [-0.3, -0.25) is 19.3 Å². The molecule has 1 aliphatic rings. The van der Waals surface area contributed by atoms with E-state index in [0.29, 0.717) is 4.91 Å². The molecule has 0 unspecified atom stereocenters. The van der Waals surface area contributed by atoms with Crippen LogP contribution in [0, 0.1) is 0 Å². The van der Waals surface area contributed by atoms with Gasteiger partial charge in [0.05, 0.1) is 4.91 Å². The Morgan fingerprint density at radius 3 is 2.74 bits per heavy atom. The summed E-state index contributed by atoms with van der Waals surface area (Å²) in [5.41, 5.74) is 7.01. The zero-order chi connectivity index (χ0) is 16.6. The maximum Gasteiger partial charge on any atom is 0.294 e. The van der Waals surface area contributed by atoms with Gasteiger partial charge in [0.1, 0.15) is 6.54 Å². The van der Waals surface area contributed by atoms with E-state index in [1.807, 2.05) is 37.4 Å². The molecular formula is C16H15N3O3S. The SMILES string of the molecule is CCn1cc(/C=C2\SC(=O)N(CC(N)=O)C2=O)c2ccccc21. The largest absolute Gasteiger partial charge is 0.368 e. The van der Waals surface area contributed by atoms with Crippen molar-refractivity contribution in [1.29, 1.82) is 0 Å². The maximum atomic E-state index is 12.3. The smallest absolute Gasteiger partial charge is 0.294 e. The zero-order valence-electron chi connectivity index (χ0n) is 12.5. The predicted octanol–water partition coefficient (Wildman–Crippen LogP) is 2.18. The molecule has 6 nitrogen and oxygen atoms in total. The van der Waals surface area contributed by atoms with E-state index >= 15 is 0 Å². The minimum Gasteiger partial charge on any atom is -0.368 e. The van der Waals surface area contributed by atoms with Gasteiger partial charge in [0.25, 0.3) is 11.1 Å². The summed E-state index contributed by atoms with van der Waals surface area (Å²) in [6, 6.07) is 7.87. The number of hydrogen-bond acceptors (Lipinski definition) is 4. The fraction of sp³-hybridized carbons (Fsp3) is 0.188. The molecular weight excluding hydrogens is 314 g/mol. The van der Waals surface area contributed by atoms with Gasteiger partial charge in [0.2, 0.25) is 5.91 Å². The average Bonchev–Trinajstić information content (AvgIpc) is 3.00. The van der Waals surface area contributed by atoms with Crippen molar-refractivity contribution in [2.45, 2.75) is 13.5 Å². The van der Waals surface area contributed by atoms with Gasteiger partial charge in [-0.15, -0.1) is 0 Å². The second-order valence-corrected chi connectivity index (χ2v) is 6.11. The van der Waals surface area contributed by atoms with Crippen LogP contribution in [0.25, 0.3) is 17.0 Å². The molecule has 23 heavy (non-hydrogen) atoms. The van der Waals surface area contributed by atoms with Crippen LogP contribution < -0.4 is 5.73 Å². The minimum absolute atomic E-state index is 0.301. The molecule has 2 N–H and O–H groups in total. The number of thioether (sulfide) groups is 1. The Balaban J connectivity index is 2.01. The number of imide groups is 1. The second kappa shape index (κ2) is 5.92. The Hall–Kier alpha value is -2.54. The standard InChI is InChI=1S/C16H15N3O3S/c1-2-18-8-10(11-5-3-4-6-12(11)18)7-13-15(21)19(9-14(17)20)16(22)23-13/h3-8H,2,9H2,1H3,(H2,17,20)/b13-7-. The maximum absolute atomic E-state index is 12.3. The Kier molecular flexibility index (Phi) is 3.96. The normalized spacial score (nSPS) is 16.7. The van der Waals surface area contributed by atoms with Crippen molar-refractivity contribution in [3.8, 4) is 0 Å². The van der Waals surface area contributed by atoms with Crippen LogP contribution in [-0.4, -0.2) is 33.1 Å². The van der Waals surface area contributed by atoms with Gasteiger partial charge in [-0.2, -0.15) is 0 Å². The highest BCUT2D eigenvalue weighted by atomic mass is 32.2. The molecule has 0 aliphatic carbocycles. The Labute approximate surface area is 136 Å². The highest BCUT2D eigenvalue weighted by Crippen LogP contribution is 2.33. The van der Waals surface area contributed by atoms with Crippen LogP contribution in [0.5, 0.6) is 0 Å². The molecule has 1 aromatic carbocycles. The first kappa shape index (κ1) is 15.4. The van der Waals surface area contributed by atoms with Crippen LogP contribution in [-0.2, 0) is 16.1 Å². The van der Waals surface area contributed by atoms with E-state index in [1.54, 1.807) is 6.08 Å². The number of aromatic nitrogens is 1. The summed E-state index contributed by atoms with van der Waals surface area (Å²) < 4.78 is 2.08. The number of rotatable bonds is 4. The monoisotopic (exact) mass is 329 g/mol. The molecule has 1 aliphatic heterocycles. The molecule has 7 heteroatoms. The summed E-state index contributed by atoms with van der Waals surface area (Å²) in [6.45, 7) is 2.45. The number of amides is 3. The second-order valence-electron chi connectivity index (χ2n) is 5.12. The molecule has 0 bridgehead atoms. The van der Waals surface area contributed by atoms with Gasteiger partial charge in [-0.25, -0.2) is 0 Å². The van der Waals surface area contributed by atoms with Crippen molar-refractivity contribution in [2.24, 2.45) is 5.73 Å². The third-order valence-corrected chi connectivity index (χ3v) is 4.54. The van der Waals surface area contributed by atoms with Gasteiger partial charge in [0.15, 0.2) is 0 Å². The number of benzene rings is 1. The van der Waals surface area contributed by atoms with Crippen molar-refractivity contribution < 1.29 is 14.4 Å². The summed E-state index contributed by atoms with van der Waals surface area (Å²) in [4.78, 5) is 36.3. The predicted molar refractivity (Wildman–Crippen MR) is 89.5 cm³/mol. The van der Waals surface area contributed by atoms with Crippen molar-refractivity contribution in [1.82, 2.24) is 9.47 Å². The van der Waals surface area contributed by atoms with Crippen LogP contribution in [0.2, 0.25) is 0 Å². The van der Waals surface area contributed by atoms with E-state index < -0.39 is 23.6 Å². The van der Waals surface area contributed by atoms with E-state index in [0.717, 1.165) is 39.7 Å². The van der Waals surface area contributed by atoms with E-state index in [2.05, 4.69) is 4.57 Å².